The monoisotopic (exact) mass is 354 g/mol. The molecule has 26 heavy (non-hydrogen) atoms. The summed E-state index contributed by atoms with van der Waals surface area (Å²) in [6.07, 6.45) is 5.00. The van der Waals surface area contributed by atoms with Crippen molar-refractivity contribution in [2.24, 2.45) is 7.05 Å². The minimum Gasteiger partial charge on any atom is -0.361 e. The number of nitrogens with zero attached hydrogens (tertiary/aromatic N) is 4. The number of carbonyl (C=O) groups excluding carboxylic acids is 2. The normalized spacial score (nSPS) is 23.5. The van der Waals surface area contributed by atoms with Gasteiger partial charge in [0.2, 0.25) is 0 Å². The average Bonchev–Trinajstić information content (AvgIpc) is 3.10. The summed E-state index contributed by atoms with van der Waals surface area (Å²) in [5.41, 5.74) is 0.937. The summed E-state index contributed by atoms with van der Waals surface area (Å²) in [6, 6.07) is 9.63. The van der Waals surface area contributed by atoms with Crippen LogP contribution < -0.4 is 4.90 Å². The number of amides is 2. The van der Waals surface area contributed by atoms with Gasteiger partial charge in [-0.05, 0) is 25.0 Å². The number of aromatic nitrogens is 2. The fourth-order valence-corrected chi connectivity index (χ4v) is 3.79. The summed E-state index contributed by atoms with van der Waals surface area (Å²) in [6.45, 7) is 1.69. The predicted molar refractivity (Wildman–Crippen MR) is 95.8 cm³/mol. The number of hydrogen-bond acceptors (Lipinski definition) is 4. The van der Waals surface area contributed by atoms with Gasteiger partial charge in [-0.1, -0.05) is 18.2 Å². The predicted octanol–water partition coefficient (Wildman–Crippen LogP) is 1.46. The van der Waals surface area contributed by atoms with E-state index in [1.165, 1.54) is 0 Å². The molecule has 3 heterocycles. The summed E-state index contributed by atoms with van der Waals surface area (Å²) in [4.78, 5) is 28.8. The van der Waals surface area contributed by atoms with E-state index in [4.69, 9.17) is 4.74 Å². The fourth-order valence-electron chi connectivity index (χ4n) is 3.79. The van der Waals surface area contributed by atoms with E-state index >= 15 is 0 Å². The number of likely N-dealkylation sites (tertiary alicyclic amines) is 1. The first-order valence-electron chi connectivity index (χ1n) is 8.84. The van der Waals surface area contributed by atoms with E-state index in [9.17, 15) is 9.59 Å². The van der Waals surface area contributed by atoms with Crippen molar-refractivity contribution in [3.8, 4) is 0 Å². The van der Waals surface area contributed by atoms with Crippen LogP contribution in [0.3, 0.4) is 0 Å². The maximum absolute atomic E-state index is 12.8. The molecule has 1 aromatic heterocycles. The van der Waals surface area contributed by atoms with E-state index in [1.807, 2.05) is 35.2 Å². The van der Waals surface area contributed by atoms with Gasteiger partial charge in [-0.15, -0.1) is 0 Å². The van der Waals surface area contributed by atoms with Crippen molar-refractivity contribution in [1.82, 2.24) is 14.7 Å². The average molecular weight is 354 g/mol. The smallest absolute Gasteiger partial charge is 0.257 e. The Labute approximate surface area is 152 Å². The van der Waals surface area contributed by atoms with Crippen molar-refractivity contribution in [1.29, 1.82) is 0 Å². The SMILES string of the molecule is Cn1cc(C(=O)N2CCCC3(C2)CN(c2ccccc2)C(=O)CO3)cn1. The first-order chi connectivity index (χ1) is 12.6. The molecule has 2 aliphatic rings. The van der Waals surface area contributed by atoms with Crippen molar-refractivity contribution >= 4 is 17.5 Å². The Balaban J connectivity index is 1.54. The lowest BCUT2D eigenvalue weighted by atomic mass is 9.90. The highest BCUT2D eigenvalue weighted by Crippen LogP contribution is 2.32. The molecule has 136 valence electrons. The number of aryl methyl sites for hydroxylation is 1. The molecule has 2 amide bonds. The number of hydrogen-bond donors (Lipinski definition) is 0. The highest BCUT2D eigenvalue weighted by molar-refractivity contribution is 5.95. The Hall–Kier alpha value is -2.67. The van der Waals surface area contributed by atoms with Gasteiger partial charge in [0.05, 0.1) is 24.8 Å². The second-order valence-corrected chi connectivity index (χ2v) is 7.02. The molecule has 0 saturated carbocycles. The van der Waals surface area contributed by atoms with Gasteiger partial charge in [0.25, 0.3) is 11.8 Å². The zero-order chi connectivity index (χ0) is 18.1. The van der Waals surface area contributed by atoms with Gasteiger partial charge in [-0.25, -0.2) is 0 Å². The van der Waals surface area contributed by atoms with Gasteiger partial charge in [-0.3, -0.25) is 14.3 Å². The third-order valence-electron chi connectivity index (χ3n) is 5.10. The van der Waals surface area contributed by atoms with Gasteiger partial charge >= 0.3 is 0 Å². The lowest BCUT2D eigenvalue weighted by Gasteiger charge is -2.47. The van der Waals surface area contributed by atoms with E-state index < -0.39 is 5.60 Å². The number of morpholine rings is 1. The molecular weight excluding hydrogens is 332 g/mol. The third kappa shape index (κ3) is 3.10. The van der Waals surface area contributed by atoms with Crippen molar-refractivity contribution in [3.05, 3.63) is 48.3 Å². The zero-order valence-electron chi connectivity index (χ0n) is 14.8. The van der Waals surface area contributed by atoms with Crippen LogP contribution in [0.25, 0.3) is 0 Å². The Morgan fingerprint density at radius 1 is 1.23 bits per heavy atom. The quantitative estimate of drug-likeness (QED) is 0.819. The van der Waals surface area contributed by atoms with Crippen LogP contribution in [0.2, 0.25) is 0 Å². The minimum absolute atomic E-state index is 0.0380. The zero-order valence-corrected chi connectivity index (χ0v) is 14.8. The molecular formula is C19H22N4O3. The number of anilines is 1. The number of ether oxygens (including phenoxy) is 1. The molecule has 0 bridgehead atoms. The lowest BCUT2D eigenvalue weighted by Crippen LogP contribution is -2.62. The van der Waals surface area contributed by atoms with Crippen LogP contribution in [0, 0.1) is 0 Å². The van der Waals surface area contributed by atoms with E-state index in [0.717, 1.165) is 18.5 Å². The maximum atomic E-state index is 12.8. The van der Waals surface area contributed by atoms with Crippen LogP contribution in [0.1, 0.15) is 23.2 Å². The summed E-state index contributed by atoms with van der Waals surface area (Å²) >= 11 is 0. The standard InChI is InChI=1S/C19H22N4O3/c1-21-11-15(10-20-21)18(25)22-9-5-8-19(13-22)14-23(17(24)12-26-19)16-6-3-2-4-7-16/h2-4,6-7,10-11H,5,8-9,12-14H2,1H3. The molecule has 1 aromatic carbocycles. The maximum Gasteiger partial charge on any atom is 0.257 e. The van der Waals surface area contributed by atoms with Crippen molar-refractivity contribution in [2.75, 3.05) is 31.1 Å². The Bertz CT molecular complexity index is 819. The van der Waals surface area contributed by atoms with E-state index in [0.29, 0.717) is 25.2 Å². The molecule has 0 radical (unpaired) electrons. The van der Waals surface area contributed by atoms with Crippen molar-refractivity contribution in [2.45, 2.75) is 18.4 Å². The summed E-state index contributed by atoms with van der Waals surface area (Å²) in [7, 11) is 1.79. The number of carbonyl (C=O) groups is 2. The first kappa shape index (κ1) is 16.8. The van der Waals surface area contributed by atoms with Gasteiger partial charge in [0.1, 0.15) is 12.2 Å². The molecule has 7 heteroatoms. The third-order valence-corrected chi connectivity index (χ3v) is 5.10. The van der Waals surface area contributed by atoms with Crippen LogP contribution in [0.15, 0.2) is 42.7 Å². The molecule has 1 unspecified atom stereocenters. The summed E-state index contributed by atoms with van der Waals surface area (Å²) < 4.78 is 7.61. The van der Waals surface area contributed by atoms with E-state index in [1.54, 1.807) is 29.0 Å². The van der Waals surface area contributed by atoms with Gasteiger partial charge in [0, 0.05) is 25.5 Å². The van der Waals surface area contributed by atoms with Crippen molar-refractivity contribution in [3.63, 3.8) is 0 Å². The molecule has 4 rings (SSSR count). The Kier molecular flexibility index (Phi) is 4.24. The highest BCUT2D eigenvalue weighted by atomic mass is 16.5. The molecule has 0 N–H and O–H groups in total. The fraction of sp³-hybridized carbons (Fsp3) is 0.421. The minimum atomic E-state index is -0.514. The Morgan fingerprint density at radius 2 is 2.04 bits per heavy atom. The number of rotatable bonds is 2. The van der Waals surface area contributed by atoms with E-state index in [-0.39, 0.29) is 18.4 Å². The molecule has 0 aliphatic carbocycles. The number of para-hydroxylation sites is 1. The molecule has 1 spiro atoms. The van der Waals surface area contributed by atoms with Crippen LogP contribution in [-0.2, 0) is 16.6 Å². The summed E-state index contributed by atoms with van der Waals surface area (Å²) in [5, 5.41) is 4.08. The van der Waals surface area contributed by atoms with Crippen LogP contribution >= 0.6 is 0 Å². The molecule has 1 atom stereocenters. The second-order valence-electron chi connectivity index (χ2n) is 7.02. The van der Waals surface area contributed by atoms with Crippen molar-refractivity contribution < 1.29 is 14.3 Å². The molecule has 2 aromatic rings. The Morgan fingerprint density at radius 3 is 2.77 bits per heavy atom. The van der Waals surface area contributed by atoms with Gasteiger partial charge < -0.3 is 14.5 Å². The molecule has 7 nitrogen and oxygen atoms in total. The largest absolute Gasteiger partial charge is 0.361 e. The number of benzene rings is 1. The second kappa shape index (κ2) is 6.57. The van der Waals surface area contributed by atoms with Crippen LogP contribution in [-0.4, -0.2) is 58.3 Å². The van der Waals surface area contributed by atoms with Gasteiger partial charge in [-0.2, -0.15) is 5.10 Å². The molecule has 2 aliphatic heterocycles. The lowest BCUT2D eigenvalue weighted by molar-refractivity contribution is -0.144. The molecule has 2 saturated heterocycles. The van der Waals surface area contributed by atoms with E-state index in [2.05, 4.69) is 5.10 Å². The first-order valence-corrected chi connectivity index (χ1v) is 8.84. The van der Waals surface area contributed by atoms with Crippen LogP contribution in [0.4, 0.5) is 5.69 Å². The molecule has 2 fully saturated rings. The van der Waals surface area contributed by atoms with Gasteiger partial charge in [0.15, 0.2) is 0 Å². The van der Waals surface area contributed by atoms with Crippen LogP contribution in [0.5, 0.6) is 0 Å². The highest BCUT2D eigenvalue weighted by Gasteiger charge is 2.44. The number of piperidine rings is 1. The summed E-state index contributed by atoms with van der Waals surface area (Å²) in [5.74, 6) is -0.0820. The topological polar surface area (TPSA) is 67.7 Å².